The summed E-state index contributed by atoms with van der Waals surface area (Å²) in [6, 6.07) is 18.5. The van der Waals surface area contributed by atoms with Crippen LogP contribution in [0.2, 0.25) is 5.02 Å². The minimum atomic E-state index is -0.131. The third-order valence-corrected chi connectivity index (χ3v) is 3.98. The molecule has 0 aliphatic rings. The van der Waals surface area contributed by atoms with Gasteiger partial charge in [-0.25, -0.2) is 4.68 Å². The first-order valence-electron chi connectivity index (χ1n) is 6.70. The highest BCUT2D eigenvalue weighted by Gasteiger charge is 2.05. The van der Waals surface area contributed by atoms with E-state index in [0.717, 1.165) is 21.3 Å². The average molecular weight is 376 g/mol. The molecule has 2 aromatic carbocycles. The van der Waals surface area contributed by atoms with E-state index in [2.05, 4.69) is 21.0 Å². The molecule has 5 heteroatoms. The fourth-order valence-corrected chi connectivity index (χ4v) is 2.65. The van der Waals surface area contributed by atoms with Crippen molar-refractivity contribution in [1.29, 1.82) is 0 Å². The molecule has 0 aliphatic carbocycles. The van der Waals surface area contributed by atoms with Crippen molar-refractivity contribution in [3.05, 3.63) is 86.1 Å². The van der Waals surface area contributed by atoms with Crippen LogP contribution in [0, 0.1) is 0 Å². The lowest BCUT2D eigenvalue weighted by molar-refractivity contribution is 0.643. The van der Waals surface area contributed by atoms with Gasteiger partial charge in [-0.1, -0.05) is 51.8 Å². The van der Waals surface area contributed by atoms with E-state index in [1.165, 1.54) is 4.68 Å². The third kappa shape index (κ3) is 3.46. The molecule has 22 heavy (non-hydrogen) atoms. The molecular weight excluding hydrogens is 364 g/mol. The molecule has 0 saturated carbocycles. The van der Waals surface area contributed by atoms with Gasteiger partial charge in [0.2, 0.25) is 0 Å². The second kappa shape index (κ2) is 6.46. The number of halogens is 2. The van der Waals surface area contributed by atoms with E-state index in [1.54, 1.807) is 24.3 Å². The molecule has 0 radical (unpaired) electrons. The molecule has 0 fully saturated rings. The Morgan fingerprint density at radius 3 is 2.55 bits per heavy atom. The third-order valence-electron chi connectivity index (χ3n) is 3.23. The molecule has 3 aromatic rings. The van der Waals surface area contributed by atoms with Gasteiger partial charge in [-0.2, -0.15) is 5.10 Å². The number of hydrogen-bond acceptors (Lipinski definition) is 2. The summed E-state index contributed by atoms with van der Waals surface area (Å²) in [4.78, 5) is 12.0. The number of aromatic nitrogens is 2. The van der Waals surface area contributed by atoms with Crippen molar-refractivity contribution < 1.29 is 0 Å². The molecule has 3 rings (SSSR count). The minimum absolute atomic E-state index is 0.131. The Labute approximate surface area is 141 Å². The minimum Gasteiger partial charge on any atom is -0.268 e. The van der Waals surface area contributed by atoms with Crippen LogP contribution in [0.25, 0.3) is 11.3 Å². The molecular formula is C17H12BrClN2O. The number of hydrogen-bond donors (Lipinski definition) is 0. The van der Waals surface area contributed by atoms with Crippen LogP contribution in [-0.4, -0.2) is 9.78 Å². The fourth-order valence-electron chi connectivity index (χ4n) is 2.13. The molecule has 1 aromatic heterocycles. The van der Waals surface area contributed by atoms with E-state index in [-0.39, 0.29) is 5.56 Å². The Kier molecular flexibility index (Phi) is 4.41. The molecule has 0 aliphatic heterocycles. The Hall–Kier alpha value is -1.91. The maximum atomic E-state index is 12.0. The van der Waals surface area contributed by atoms with Gasteiger partial charge in [0.1, 0.15) is 0 Å². The van der Waals surface area contributed by atoms with E-state index in [4.69, 9.17) is 11.6 Å². The van der Waals surface area contributed by atoms with Gasteiger partial charge < -0.3 is 0 Å². The monoisotopic (exact) mass is 374 g/mol. The van der Waals surface area contributed by atoms with Crippen molar-refractivity contribution >= 4 is 27.5 Å². The summed E-state index contributed by atoms with van der Waals surface area (Å²) in [6.45, 7) is 0.415. The number of nitrogens with zero attached hydrogens (tertiary/aromatic N) is 2. The lowest BCUT2D eigenvalue weighted by Crippen LogP contribution is -2.22. The Morgan fingerprint density at radius 1 is 1.05 bits per heavy atom. The van der Waals surface area contributed by atoms with Crippen LogP contribution in [0.4, 0.5) is 0 Å². The van der Waals surface area contributed by atoms with E-state index < -0.39 is 0 Å². The van der Waals surface area contributed by atoms with Crippen LogP contribution >= 0.6 is 27.5 Å². The zero-order valence-electron chi connectivity index (χ0n) is 11.5. The van der Waals surface area contributed by atoms with Crippen LogP contribution in [0.15, 0.2) is 69.9 Å². The SMILES string of the molecule is O=c1ccc(-c2cccc(Br)c2)nn1Cc1ccc(Cl)cc1. The quantitative estimate of drug-likeness (QED) is 0.681. The van der Waals surface area contributed by atoms with Gasteiger partial charge in [0.15, 0.2) is 0 Å². The molecule has 3 nitrogen and oxygen atoms in total. The van der Waals surface area contributed by atoms with Crippen LogP contribution in [0.5, 0.6) is 0 Å². The van der Waals surface area contributed by atoms with E-state index >= 15 is 0 Å². The van der Waals surface area contributed by atoms with E-state index in [0.29, 0.717) is 11.6 Å². The van der Waals surface area contributed by atoms with Crippen LogP contribution in [0.1, 0.15) is 5.56 Å². The van der Waals surface area contributed by atoms with Crippen molar-refractivity contribution in [3.63, 3.8) is 0 Å². The topological polar surface area (TPSA) is 34.9 Å². The Balaban J connectivity index is 1.96. The maximum absolute atomic E-state index is 12.0. The normalized spacial score (nSPS) is 10.6. The highest BCUT2D eigenvalue weighted by Crippen LogP contribution is 2.20. The molecule has 0 atom stereocenters. The second-order valence-corrected chi connectivity index (χ2v) is 6.20. The molecule has 0 spiro atoms. The standard InChI is InChI=1S/C17H12BrClN2O/c18-14-3-1-2-13(10-14)16-8-9-17(22)21(20-16)11-12-4-6-15(19)7-5-12/h1-10H,11H2. The van der Waals surface area contributed by atoms with Crippen LogP contribution in [0.3, 0.4) is 0 Å². The Bertz CT molecular complexity index is 859. The lowest BCUT2D eigenvalue weighted by atomic mass is 10.1. The summed E-state index contributed by atoms with van der Waals surface area (Å²) in [5, 5.41) is 5.12. The zero-order valence-corrected chi connectivity index (χ0v) is 13.9. The summed E-state index contributed by atoms with van der Waals surface area (Å²) < 4.78 is 2.43. The van der Waals surface area contributed by atoms with Crippen molar-refractivity contribution in [3.8, 4) is 11.3 Å². The van der Waals surface area contributed by atoms with Crippen LogP contribution < -0.4 is 5.56 Å². The molecule has 0 amide bonds. The Morgan fingerprint density at radius 2 is 1.82 bits per heavy atom. The van der Waals surface area contributed by atoms with Crippen molar-refractivity contribution in [2.75, 3.05) is 0 Å². The fraction of sp³-hybridized carbons (Fsp3) is 0.0588. The van der Waals surface area contributed by atoms with Gasteiger partial charge >= 0.3 is 0 Å². The van der Waals surface area contributed by atoms with Crippen molar-refractivity contribution in [1.82, 2.24) is 9.78 Å². The predicted octanol–water partition coefficient (Wildman–Crippen LogP) is 4.37. The zero-order chi connectivity index (χ0) is 15.5. The smallest absolute Gasteiger partial charge is 0.267 e. The molecule has 0 N–H and O–H groups in total. The first-order valence-corrected chi connectivity index (χ1v) is 7.87. The predicted molar refractivity (Wildman–Crippen MR) is 92.2 cm³/mol. The summed E-state index contributed by atoms with van der Waals surface area (Å²) in [5.41, 5.74) is 2.56. The first-order chi connectivity index (χ1) is 10.6. The number of rotatable bonds is 3. The largest absolute Gasteiger partial charge is 0.268 e. The van der Waals surface area contributed by atoms with Gasteiger partial charge in [0, 0.05) is 21.1 Å². The van der Waals surface area contributed by atoms with Crippen LogP contribution in [-0.2, 0) is 6.54 Å². The molecule has 110 valence electrons. The number of benzene rings is 2. The second-order valence-electron chi connectivity index (χ2n) is 4.85. The average Bonchev–Trinajstić information content (AvgIpc) is 2.52. The molecule has 0 bridgehead atoms. The summed E-state index contributed by atoms with van der Waals surface area (Å²) in [7, 11) is 0. The highest BCUT2D eigenvalue weighted by molar-refractivity contribution is 9.10. The summed E-state index contributed by atoms with van der Waals surface area (Å²) >= 11 is 9.32. The lowest BCUT2D eigenvalue weighted by Gasteiger charge is -2.08. The van der Waals surface area contributed by atoms with E-state index in [1.807, 2.05) is 36.4 Å². The van der Waals surface area contributed by atoms with E-state index in [9.17, 15) is 4.79 Å². The van der Waals surface area contributed by atoms with Gasteiger partial charge in [-0.15, -0.1) is 0 Å². The van der Waals surface area contributed by atoms with Gasteiger partial charge in [0.05, 0.1) is 12.2 Å². The van der Waals surface area contributed by atoms with Gasteiger partial charge in [0.25, 0.3) is 5.56 Å². The molecule has 1 heterocycles. The highest BCUT2D eigenvalue weighted by atomic mass is 79.9. The first kappa shape index (κ1) is 15.0. The van der Waals surface area contributed by atoms with Crippen molar-refractivity contribution in [2.24, 2.45) is 0 Å². The van der Waals surface area contributed by atoms with Gasteiger partial charge in [-0.3, -0.25) is 4.79 Å². The summed E-state index contributed by atoms with van der Waals surface area (Å²) in [5.74, 6) is 0. The summed E-state index contributed by atoms with van der Waals surface area (Å²) in [6.07, 6.45) is 0. The molecule has 0 saturated heterocycles. The maximum Gasteiger partial charge on any atom is 0.267 e. The van der Waals surface area contributed by atoms with Gasteiger partial charge in [-0.05, 0) is 35.9 Å². The van der Waals surface area contributed by atoms with Crippen molar-refractivity contribution in [2.45, 2.75) is 6.54 Å². The molecule has 0 unspecified atom stereocenters.